The average molecular weight is 806 g/mol. The molecule has 0 aliphatic heterocycles. The highest BCUT2D eigenvalue weighted by molar-refractivity contribution is 14.1. The van der Waals surface area contributed by atoms with Gasteiger partial charge in [0.05, 0.1) is 3.92 Å². The molecule has 1 unspecified atom stereocenters. The smallest absolute Gasteiger partial charge is 0.460 e. The first kappa shape index (κ1) is 34.3. The number of hydrogen-bond donors (Lipinski definition) is 0. The first-order chi connectivity index (χ1) is 16.1. The Kier molecular flexibility index (Phi) is 9.61. The maximum absolute atomic E-state index is 14.0. The number of benzene rings is 1. The van der Waals surface area contributed by atoms with Crippen molar-refractivity contribution < 1.29 is 79.4 Å². The van der Waals surface area contributed by atoms with Crippen molar-refractivity contribution in [2.75, 3.05) is 6.61 Å². The fraction of sp³-hybridized carbons (Fsp3) is 0.647. The molecule has 0 aromatic heterocycles. The number of hydrogen-bond acceptors (Lipinski definition) is 1. The summed E-state index contributed by atoms with van der Waals surface area (Å²) >= 11 is 2.70. The van der Waals surface area contributed by atoms with Crippen LogP contribution in [-0.4, -0.2) is 58.2 Å². The Morgan fingerprint density at radius 3 is 1.30 bits per heavy atom. The molecule has 0 spiro atoms. The van der Waals surface area contributed by atoms with Gasteiger partial charge >= 0.3 is 47.6 Å². The molecule has 1 aromatic rings. The summed E-state index contributed by atoms with van der Waals surface area (Å²) in [5.41, 5.74) is 0. The molecule has 0 aliphatic carbocycles. The van der Waals surface area contributed by atoms with Crippen molar-refractivity contribution in [3.63, 3.8) is 0 Å². The van der Waals surface area contributed by atoms with Gasteiger partial charge in [-0.25, -0.2) is 0 Å². The van der Waals surface area contributed by atoms with Crippen LogP contribution in [0.25, 0.3) is 0 Å². The molecular weight excluding hydrogens is 797 g/mol. The lowest BCUT2D eigenvalue weighted by Gasteiger charge is -2.43. The van der Waals surface area contributed by atoms with E-state index in [1.807, 2.05) is 22.6 Å². The lowest BCUT2D eigenvalue weighted by molar-refractivity contribution is -0.461. The molecule has 0 radical (unpaired) electrons. The van der Waals surface area contributed by atoms with Gasteiger partial charge in [-0.15, -0.1) is 0 Å². The Morgan fingerprint density at radius 2 is 0.919 bits per heavy atom. The summed E-state index contributed by atoms with van der Waals surface area (Å²) in [5.74, 6) is -56.3. The van der Waals surface area contributed by atoms with Gasteiger partial charge in [0.25, 0.3) is 0 Å². The molecule has 0 saturated carbocycles. The fourth-order valence-corrected chi connectivity index (χ4v) is 3.47. The minimum atomic E-state index is -8.63. The van der Waals surface area contributed by atoms with Crippen molar-refractivity contribution in [3.8, 4) is 5.75 Å². The van der Waals surface area contributed by atoms with E-state index in [4.69, 9.17) is 4.74 Å². The lowest BCUT2D eigenvalue weighted by atomic mass is 9.88. The van der Waals surface area contributed by atoms with Crippen LogP contribution in [-0.2, 0) is 0 Å². The molecule has 20 heteroatoms. The van der Waals surface area contributed by atoms with Crippen LogP contribution < -0.4 is 4.74 Å². The summed E-state index contributed by atoms with van der Waals surface area (Å²) in [6.07, 6.45) is -10.3. The lowest BCUT2D eigenvalue weighted by Crippen LogP contribution is -2.74. The molecule has 0 fully saturated rings. The number of alkyl halides is 18. The topological polar surface area (TPSA) is 9.23 Å². The molecule has 1 rings (SSSR count). The van der Waals surface area contributed by atoms with Crippen LogP contribution in [0.15, 0.2) is 24.3 Å². The molecule has 0 bridgehead atoms. The molecule has 0 amide bonds. The van der Waals surface area contributed by atoms with Gasteiger partial charge in [-0.05, 0) is 46.9 Å². The average Bonchev–Trinajstić information content (AvgIpc) is 2.71. The zero-order valence-electron chi connectivity index (χ0n) is 16.9. The molecular formula is C17H9F17I2O. The molecule has 216 valence electrons. The van der Waals surface area contributed by atoms with Gasteiger partial charge in [-0.1, -0.05) is 22.6 Å². The van der Waals surface area contributed by atoms with E-state index in [1.54, 1.807) is 0 Å². The summed E-state index contributed by atoms with van der Waals surface area (Å²) in [6, 6.07) is 5.26. The Balaban J connectivity index is 3.31. The van der Waals surface area contributed by atoms with Crippen LogP contribution in [0.1, 0.15) is 6.42 Å². The van der Waals surface area contributed by atoms with E-state index in [9.17, 15) is 74.6 Å². The fourth-order valence-electron chi connectivity index (χ4n) is 2.38. The van der Waals surface area contributed by atoms with Crippen molar-refractivity contribution in [2.24, 2.45) is 0 Å². The first-order valence-corrected chi connectivity index (χ1v) is 11.2. The highest BCUT2D eigenvalue weighted by atomic mass is 127. The van der Waals surface area contributed by atoms with Gasteiger partial charge in [0, 0.05) is 9.99 Å². The number of halogens is 19. The van der Waals surface area contributed by atoms with Crippen molar-refractivity contribution in [2.45, 2.75) is 58.0 Å². The van der Waals surface area contributed by atoms with Crippen LogP contribution in [0.4, 0.5) is 74.6 Å². The van der Waals surface area contributed by atoms with E-state index in [1.165, 1.54) is 24.3 Å². The molecule has 0 N–H and O–H groups in total. The van der Waals surface area contributed by atoms with E-state index in [2.05, 4.69) is 0 Å². The Labute approximate surface area is 222 Å². The summed E-state index contributed by atoms with van der Waals surface area (Å²) in [6.45, 7) is -0.999. The third-order valence-electron chi connectivity index (χ3n) is 4.51. The van der Waals surface area contributed by atoms with Gasteiger partial charge in [0.1, 0.15) is 12.4 Å². The van der Waals surface area contributed by atoms with Crippen LogP contribution >= 0.6 is 45.2 Å². The summed E-state index contributed by atoms with van der Waals surface area (Å²) < 4.78 is 229. The SMILES string of the molecule is FC(F)(F)C(F)(F)C(F)(F)C(F)(F)C(F)(F)C(F)(F)C(F)(F)C(F)(F)CC(I)COc1ccc(I)cc1. The Morgan fingerprint density at radius 1 is 0.568 bits per heavy atom. The Hall–Kier alpha value is -0.710. The predicted molar refractivity (Wildman–Crippen MR) is 108 cm³/mol. The quantitative estimate of drug-likeness (QED) is 0.124. The predicted octanol–water partition coefficient (Wildman–Crippen LogP) is 8.87. The zero-order valence-corrected chi connectivity index (χ0v) is 21.2. The minimum Gasteiger partial charge on any atom is -0.493 e. The third-order valence-corrected chi connectivity index (χ3v) is 6.03. The Bertz CT molecular complexity index is 927. The first-order valence-electron chi connectivity index (χ1n) is 8.85. The van der Waals surface area contributed by atoms with Crippen molar-refractivity contribution in [3.05, 3.63) is 27.8 Å². The molecule has 1 nitrogen and oxygen atoms in total. The van der Waals surface area contributed by atoms with Gasteiger partial charge in [-0.3, -0.25) is 0 Å². The number of ether oxygens (including phenoxy) is 1. The molecule has 0 heterocycles. The van der Waals surface area contributed by atoms with Crippen LogP contribution in [0.2, 0.25) is 0 Å². The van der Waals surface area contributed by atoms with E-state index < -0.39 is 64.6 Å². The number of rotatable bonds is 11. The van der Waals surface area contributed by atoms with Crippen LogP contribution in [0, 0.1) is 3.57 Å². The van der Waals surface area contributed by atoms with Crippen molar-refractivity contribution in [1.29, 1.82) is 0 Å². The molecule has 0 aliphatic rings. The largest absolute Gasteiger partial charge is 0.493 e. The van der Waals surface area contributed by atoms with E-state index >= 15 is 0 Å². The molecule has 37 heavy (non-hydrogen) atoms. The monoisotopic (exact) mass is 806 g/mol. The van der Waals surface area contributed by atoms with E-state index in [0.29, 0.717) is 3.57 Å². The highest BCUT2D eigenvalue weighted by Gasteiger charge is 2.95. The summed E-state index contributed by atoms with van der Waals surface area (Å²) in [5, 5.41) is 0. The maximum Gasteiger partial charge on any atom is 0.460 e. The molecule has 0 saturated heterocycles. The van der Waals surface area contributed by atoms with Crippen LogP contribution in [0.3, 0.4) is 0 Å². The van der Waals surface area contributed by atoms with E-state index in [0.717, 1.165) is 22.6 Å². The minimum absolute atomic E-state index is 0.0820. The summed E-state index contributed by atoms with van der Waals surface area (Å²) in [7, 11) is 0. The standard InChI is InChI=1S/C17H9F17I2O/c18-10(19,5-8(36)6-37-9-3-1-7(35)2-4-9)11(20,21)12(22,23)13(24,25)14(26,27)15(28,29)16(30,31)17(32,33)34/h1-4,8H,5-6H2. The highest BCUT2D eigenvalue weighted by Crippen LogP contribution is 2.64. The van der Waals surface area contributed by atoms with Gasteiger partial charge in [0.15, 0.2) is 0 Å². The molecule has 1 atom stereocenters. The zero-order chi connectivity index (χ0) is 29.7. The second-order valence-electron chi connectivity index (χ2n) is 7.21. The normalized spacial score (nSPS) is 16.1. The van der Waals surface area contributed by atoms with Crippen molar-refractivity contribution in [1.82, 2.24) is 0 Å². The molecule has 1 aromatic carbocycles. The second kappa shape index (κ2) is 10.4. The van der Waals surface area contributed by atoms with Crippen LogP contribution in [0.5, 0.6) is 5.75 Å². The van der Waals surface area contributed by atoms with Gasteiger partial charge in [-0.2, -0.15) is 74.6 Å². The third kappa shape index (κ3) is 5.78. The summed E-state index contributed by atoms with van der Waals surface area (Å²) in [4.78, 5) is 0. The van der Waals surface area contributed by atoms with Gasteiger partial charge < -0.3 is 4.74 Å². The van der Waals surface area contributed by atoms with Crippen molar-refractivity contribution >= 4 is 45.2 Å². The maximum atomic E-state index is 14.0. The van der Waals surface area contributed by atoms with E-state index in [-0.39, 0.29) is 5.75 Å². The van der Waals surface area contributed by atoms with Gasteiger partial charge in [0.2, 0.25) is 0 Å². The second-order valence-corrected chi connectivity index (χ2v) is 10.2.